The van der Waals surface area contributed by atoms with E-state index in [1.807, 2.05) is 0 Å². The van der Waals surface area contributed by atoms with Gasteiger partial charge in [-0.3, -0.25) is 0 Å². The van der Waals surface area contributed by atoms with Crippen molar-refractivity contribution < 1.29 is 47.3 Å². The first-order chi connectivity index (χ1) is 9.54. The molecule has 0 spiro atoms. The zero-order valence-electron chi connectivity index (χ0n) is 12.3. The zero-order valence-corrected chi connectivity index (χ0v) is 15.2. The average molecular weight is 316 g/mol. The van der Waals surface area contributed by atoms with Crippen molar-refractivity contribution in [3.05, 3.63) is 36.4 Å². The Kier molecular flexibility index (Phi) is 7.16. The second kappa shape index (κ2) is 8.15. The molecule has 0 saturated heterocycles. The van der Waals surface area contributed by atoms with Gasteiger partial charge in [-0.2, -0.15) is 0 Å². The molecule has 0 aliphatic rings. The van der Waals surface area contributed by atoms with Crippen LogP contribution in [0.3, 0.4) is 0 Å². The van der Waals surface area contributed by atoms with Gasteiger partial charge in [0, 0.05) is 10.8 Å². The van der Waals surface area contributed by atoms with Crippen molar-refractivity contribution in [2.24, 2.45) is 0 Å². The number of unbranched alkanes of at least 4 members (excludes halogenated alkanes) is 2. The van der Waals surface area contributed by atoms with Crippen molar-refractivity contribution in [1.29, 1.82) is 0 Å². The Hall–Kier alpha value is -0.590. The van der Waals surface area contributed by atoms with E-state index in [-0.39, 0.29) is 34.5 Å². The first-order valence-electron chi connectivity index (χ1n) is 6.64. The molecule has 0 radical (unpaired) electrons. The van der Waals surface area contributed by atoms with Gasteiger partial charge < -0.3 is 9.29 Å². The summed E-state index contributed by atoms with van der Waals surface area (Å²) in [7, 11) is -4.48. The summed E-state index contributed by atoms with van der Waals surface area (Å²) in [5.74, 6) is 0.615. The van der Waals surface area contributed by atoms with E-state index in [1.54, 1.807) is 30.3 Å². The molecule has 0 heterocycles. The minimum atomic E-state index is -4.48. The molecule has 0 bridgehead atoms. The second-order valence-electron chi connectivity index (χ2n) is 4.62. The van der Waals surface area contributed by atoms with Crippen molar-refractivity contribution in [2.75, 3.05) is 6.61 Å². The number of rotatable bonds is 6. The first-order valence-corrected chi connectivity index (χ1v) is 8.05. The Morgan fingerprint density at radius 2 is 1.71 bits per heavy atom. The Morgan fingerprint density at radius 1 is 1.05 bits per heavy atom. The second-order valence-corrected chi connectivity index (χ2v) is 5.97. The molecule has 0 aliphatic carbocycles. The maximum Gasteiger partial charge on any atom is 1.00 e. The quantitative estimate of drug-likeness (QED) is 0.437. The van der Waals surface area contributed by atoms with Crippen LogP contribution >= 0.6 is 0 Å². The van der Waals surface area contributed by atoms with Gasteiger partial charge in [0.05, 0.1) is 11.5 Å². The third kappa shape index (κ3) is 4.69. The van der Waals surface area contributed by atoms with Gasteiger partial charge in [-0.15, -0.1) is 0 Å². The van der Waals surface area contributed by atoms with Crippen LogP contribution in [0.5, 0.6) is 5.75 Å². The summed E-state index contributed by atoms with van der Waals surface area (Å²) in [4.78, 5) is -0.200. The van der Waals surface area contributed by atoms with Gasteiger partial charge in [0.2, 0.25) is 0 Å². The SMILES string of the molecule is CCCCCOc1ccc(S(=O)(=O)[O-])c2ccccc12.[Na+]. The third-order valence-electron chi connectivity index (χ3n) is 3.12. The molecule has 2 rings (SSSR count). The van der Waals surface area contributed by atoms with Gasteiger partial charge in [-0.1, -0.05) is 44.0 Å². The van der Waals surface area contributed by atoms with E-state index >= 15 is 0 Å². The summed E-state index contributed by atoms with van der Waals surface area (Å²) in [6.45, 7) is 2.70. The molecule has 0 atom stereocenters. The average Bonchev–Trinajstić information content (AvgIpc) is 2.42. The number of ether oxygens (including phenoxy) is 1. The standard InChI is InChI=1S/C15H18O4S.Na/c1-2-3-6-11-19-14-9-10-15(20(16,17)18)13-8-5-4-7-12(13)14;/h4-5,7-10H,2-3,6,11H2,1H3,(H,16,17,18);/q;+1/p-1. The fourth-order valence-electron chi connectivity index (χ4n) is 2.12. The molecular formula is C15H17NaO4S. The molecule has 0 aliphatic heterocycles. The molecule has 0 unspecified atom stereocenters. The van der Waals surface area contributed by atoms with E-state index in [9.17, 15) is 13.0 Å². The van der Waals surface area contributed by atoms with Crippen molar-refractivity contribution in [1.82, 2.24) is 0 Å². The number of benzene rings is 2. The minimum absolute atomic E-state index is 0. The number of hydrogen-bond acceptors (Lipinski definition) is 4. The number of fused-ring (bicyclic) bond motifs is 1. The van der Waals surface area contributed by atoms with Crippen LogP contribution in [-0.2, 0) is 10.1 Å². The molecule has 0 aromatic heterocycles. The number of hydrogen-bond donors (Lipinski definition) is 0. The van der Waals surface area contributed by atoms with E-state index in [0.717, 1.165) is 19.3 Å². The molecule has 0 fully saturated rings. The van der Waals surface area contributed by atoms with Crippen LogP contribution in [0, 0.1) is 0 Å². The van der Waals surface area contributed by atoms with Crippen LogP contribution in [0.1, 0.15) is 26.2 Å². The summed E-state index contributed by atoms with van der Waals surface area (Å²) >= 11 is 0. The summed E-state index contributed by atoms with van der Waals surface area (Å²) in [5, 5.41) is 1.07. The monoisotopic (exact) mass is 316 g/mol. The van der Waals surface area contributed by atoms with Crippen molar-refractivity contribution in [3.63, 3.8) is 0 Å². The van der Waals surface area contributed by atoms with Crippen molar-refractivity contribution in [3.8, 4) is 5.75 Å². The largest absolute Gasteiger partial charge is 1.00 e. The molecular weight excluding hydrogens is 299 g/mol. The van der Waals surface area contributed by atoms with E-state index in [0.29, 0.717) is 23.1 Å². The smallest absolute Gasteiger partial charge is 0.744 e. The Bertz CT molecular complexity index is 698. The first kappa shape index (κ1) is 18.5. The van der Waals surface area contributed by atoms with Gasteiger partial charge in [-0.05, 0) is 18.6 Å². The van der Waals surface area contributed by atoms with Crippen LogP contribution in [0.15, 0.2) is 41.3 Å². The fourth-order valence-corrected chi connectivity index (χ4v) is 2.80. The van der Waals surface area contributed by atoms with Gasteiger partial charge in [0.25, 0.3) is 0 Å². The molecule has 108 valence electrons. The van der Waals surface area contributed by atoms with Crippen LogP contribution in [0.2, 0.25) is 0 Å². The van der Waals surface area contributed by atoms with Gasteiger partial charge in [0.1, 0.15) is 15.9 Å². The van der Waals surface area contributed by atoms with E-state index < -0.39 is 10.1 Å². The van der Waals surface area contributed by atoms with Crippen LogP contribution in [0.25, 0.3) is 10.8 Å². The van der Waals surface area contributed by atoms with Gasteiger partial charge in [-0.25, -0.2) is 8.42 Å². The Balaban J connectivity index is 0.00000220. The third-order valence-corrected chi connectivity index (χ3v) is 4.01. The van der Waals surface area contributed by atoms with E-state index in [2.05, 4.69) is 6.92 Å². The summed E-state index contributed by atoms with van der Waals surface area (Å²) in [6.07, 6.45) is 3.15. The molecule has 21 heavy (non-hydrogen) atoms. The van der Waals surface area contributed by atoms with Crippen LogP contribution in [-0.4, -0.2) is 19.6 Å². The predicted molar refractivity (Wildman–Crippen MR) is 76.9 cm³/mol. The molecule has 0 saturated carbocycles. The van der Waals surface area contributed by atoms with Crippen LogP contribution < -0.4 is 34.3 Å². The topological polar surface area (TPSA) is 66.4 Å². The molecule has 2 aromatic rings. The van der Waals surface area contributed by atoms with Gasteiger partial charge >= 0.3 is 29.6 Å². The molecule has 6 heteroatoms. The maximum atomic E-state index is 11.3. The molecule has 0 N–H and O–H groups in total. The summed E-state index contributed by atoms with van der Waals surface area (Å²) in [5.41, 5.74) is 0. The summed E-state index contributed by atoms with van der Waals surface area (Å²) in [6, 6.07) is 9.76. The van der Waals surface area contributed by atoms with Crippen molar-refractivity contribution in [2.45, 2.75) is 31.1 Å². The molecule has 0 amide bonds. The Morgan fingerprint density at radius 3 is 2.33 bits per heavy atom. The van der Waals surface area contributed by atoms with E-state index in [4.69, 9.17) is 4.74 Å². The van der Waals surface area contributed by atoms with Crippen LogP contribution in [0.4, 0.5) is 0 Å². The predicted octanol–water partition coefficient (Wildman–Crippen LogP) is 0.317. The normalized spacial score (nSPS) is 11.1. The maximum absolute atomic E-state index is 11.3. The zero-order chi connectivity index (χ0) is 14.6. The molecule has 2 aromatic carbocycles. The van der Waals surface area contributed by atoms with E-state index in [1.165, 1.54) is 6.07 Å². The minimum Gasteiger partial charge on any atom is -0.744 e. The fraction of sp³-hybridized carbons (Fsp3) is 0.333. The Labute approximate surface area is 147 Å². The summed E-state index contributed by atoms with van der Waals surface area (Å²) < 4.78 is 39.5. The molecule has 4 nitrogen and oxygen atoms in total. The van der Waals surface area contributed by atoms with Gasteiger partial charge in [0.15, 0.2) is 0 Å². The van der Waals surface area contributed by atoms with Crippen molar-refractivity contribution >= 4 is 20.9 Å².